The van der Waals surface area contributed by atoms with Gasteiger partial charge < -0.3 is 5.32 Å². The van der Waals surface area contributed by atoms with Crippen LogP contribution in [0.1, 0.15) is 41.0 Å². The number of rotatable bonds is 4. The third kappa shape index (κ3) is 3.74. The van der Waals surface area contributed by atoms with Gasteiger partial charge in [0.25, 0.3) is 0 Å². The van der Waals surface area contributed by atoms with E-state index in [-0.39, 0.29) is 11.3 Å². The minimum absolute atomic E-state index is 0.165. The van der Waals surface area contributed by atoms with Crippen molar-refractivity contribution in [3.63, 3.8) is 0 Å². The Hall–Kier alpha value is -0.530. The summed E-state index contributed by atoms with van der Waals surface area (Å²) in [6.45, 7) is 11.0. The first-order valence-electron chi connectivity index (χ1n) is 4.68. The van der Waals surface area contributed by atoms with E-state index in [0.717, 1.165) is 13.0 Å². The molecule has 0 saturated heterocycles. The predicted octanol–water partition coefficient (Wildman–Crippen LogP) is 2.19. The Bertz CT molecular complexity index is 150. The highest BCUT2D eigenvalue weighted by atomic mass is 16.2. The first kappa shape index (κ1) is 11.5. The van der Waals surface area contributed by atoms with Crippen molar-refractivity contribution in [2.45, 2.75) is 41.0 Å². The lowest BCUT2D eigenvalue weighted by Gasteiger charge is -2.22. The quantitative estimate of drug-likeness (QED) is 0.690. The van der Waals surface area contributed by atoms with Crippen LogP contribution in [-0.4, -0.2) is 12.5 Å². The van der Waals surface area contributed by atoms with Crippen molar-refractivity contribution >= 4 is 5.91 Å². The lowest BCUT2D eigenvalue weighted by atomic mass is 9.89. The van der Waals surface area contributed by atoms with Gasteiger partial charge in [0.2, 0.25) is 5.91 Å². The van der Waals surface area contributed by atoms with Gasteiger partial charge in [-0.25, -0.2) is 0 Å². The van der Waals surface area contributed by atoms with Crippen LogP contribution in [0.5, 0.6) is 0 Å². The predicted molar refractivity (Wildman–Crippen MR) is 51.9 cm³/mol. The summed E-state index contributed by atoms with van der Waals surface area (Å²) in [4.78, 5) is 11.5. The van der Waals surface area contributed by atoms with E-state index < -0.39 is 0 Å². The fourth-order valence-corrected chi connectivity index (χ4v) is 0.697. The molecule has 12 heavy (non-hydrogen) atoms. The van der Waals surface area contributed by atoms with Gasteiger partial charge in [0, 0.05) is 12.0 Å². The van der Waals surface area contributed by atoms with Crippen molar-refractivity contribution in [3.05, 3.63) is 0 Å². The van der Waals surface area contributed by atoms with Gasteiger partial charge in [-0.3, -0.25) is 4.79 Å². The molecular formula is C10H21NO. The van der Waals surface area contributed by atoms with Crippen molar-refractivity contribution in [3.8, 4) is 0 Å². The second-order valence-corrected chi connectivity index (χ2v) is 4.34. The number of carbonyl (C=O) groups excluding carboxylic acids is 1. The maximum atomic E-state index is 11.5. The number of carbonyl (C=O) groups is 1. The van der Waals surface area contributed by atoms with Gasteiger partial charge in [0.05, 0.1) is 0 Å². The molecule has 0 aromatic heterocycles. The second-order valence-electron chi connectivity index (χ2n) is 4.34. The molecule has 0 aliphatic carbocycles. The maximum absolute atomic E-state index is 11.5. The van der Waals surface area contributed by atoms with Gasteiger partial charge in [-0.2, -0.15) is 0 Å². The van der Waals surface area contributed by atoms with E-state index in [1.807, 2.05) is 20.8 Å². The fraction of sp³-hybridized carbons (Fsp3) is 0.900. The molecule has 0 saturated carbocycles. The van der Waals surface area contributed by atoms with Crippen molar-refractivity contribution in [1.82, 2.24) is 5.32 Å². The first-order chi connectivity index (χ1) is 5.40. The molecule has 0 aliphatic heterocycles. The Morgan fingerprint density at radius 2 is 1.92 bits per heavy atom. The van der Waals surface area contributed by atoms with Crippen LogP contribution in [0.3, 0.4) is 0 Å². The fourth-order valence-electron chi connectivity index (χ4n) is 0.697. The molecule has 0 rings (SSSR count). The summed E-state index contributed by atoms with van der Waals surface area (Å²) in [5.74, 6) is 0.695. The topological polar surface area (TPSA) is 29.1 Å². The zero-order chi connectivity index (χ0) is 9.78. The maximum Gasteiger partial charge on any atom is 0.225 e. The van der Waals surface area contributed by atoms with E-state index in [1.54, 1.807) is 0 Å². The van der Waals surface area contributed by atoms with Gasteiger partial charge in [0.15, 0.2) is 0 Å². The van der Waals surface area contributed by atoms with Crippen LogP contribution in [0.25, 0.3) is 0 Å². The third-order valence-electron chi connectivity index (χ3n) is 2.17. The number of amides is 1. The smallest absolute Gasteiger partial charge is 0.225 e. The molecule has 2 nitrogen and oxygen atoms in total. The minimum Gasteiger partial charge on any atom is -0.355 e. The van der Waals surface area contributed by atoms with E-state index in [9.17, 15) is 4.79 Å². The Labute approximate surface area is 75.7 Å². The molecule has 0 heterocycles. The normalized spacial score (nSPS) is 11.8. The van der Waals surface area contributed by atoms with Gasteiger partial charge in [-0.05, 0) is 12.3 Å². The molecule has 0 radical (unpaired) electrons. The Morgan fingerprint density at radius 3 is 2.25 bits per heavy atom. The van der Waals surface area contributed by atoms with Crippen LogP contribution >= 0.6 is 0 Å². The Morgan fingerprint density at radius 1 is 1.42 bits per heavy atom. The first-order valence-corrected chi connectivity index (χ1v) is 4.68. The van der Waals surface area contributed by atoms with Gasteiger partial charge in [0.1, 0.15) is 0 Å². The second kappa shape index (κ2) is 4.48. The zero-order valence-corrected chi connectivity index (χ0v) is 8.90. The molecule has 1 N–H and O–H groups in total. The molecular weight excluding hydrogens is 150 g/mol. The lowest BCUT2D eigenvalue weighted by Crippen LogP contribution is -2.38. The lowest BCUT2D eigenvalue weighted by molar-refractivity contribution is -0.129. The van der Waals surface area contributed by atoms with E-state index in [1.165, 1.54) is 0 Å². The molecule has 0 aromatic carbocycles. The molecule has 0 unspecified atom stereocenters. The van der Waals surface area contributed by atoms with Crippen molar-refractivity contribution in [2.24, 2.45) is 11.3 Å². The zero-order valence-electron chi connectivity index (χ0n) is 8.90. The average molecular weight is 171 g/mol. The number of nitrogens with one attached hydrogen (secondary N) is 1. The van der Waals surface area contributed by atoms with Crippen LogP contribution in [0.15, 0.2) is 0 Å². The van der Waals surface area contributed by atoms with E-state index >= 15 is 0 Å². The SMILES string of the molecule is CCC(C)(C)C(=O)NCC(C)C. The minimum atomic E-state index is -0.213. The summed E-state index contributed by atoms with van der Waals surface area (Å²) in [6.07, 6.45) is 0.886. The number of hydrogen-bond donors (Lipinski definition) is 1. The average Bonchev–Trinajstić information content (AvgIpc) is 2.00. The molecule has 0 bridgehead atoms. The van der Waals surface area contributed by atoms with Gasteiger partial charge in [-0.1, -0.05) is 34.6 Å². The highest BCUT2D eigenvalue weighted by molar-refractivity contribution is 5.81. The molecule has 2 heteroatoms. The van der Waals surface area contributed by atoms with Crippen molar-refractivity contribution in [1.29, 1.82) is 0 Å². The summed E-state index contributed by atoms with van der Waals surface area (Å²) >= 11 is 0. The third-order valence-corrected chi connectivity index (χ3v) is 2.17. The molecule has 0 aliphatic rings. The molecule has 0 aromatic rings. The largest absolute Gasteiger partial charge is 0.355 e. The summed E-state index contributed by atoms with van der Waals surface area (Å²) in [6, 6.07) is 0. The standard InChI is InChI=1S/C10H21NO/c1-6-10(4,5)9(12)11-7-8(2)3/h8H,6-7H2,1-5H3,(H,11,12). The van der Waals surface area contributed by atoms with Crippen LogP contribution < -0.4 is 5.32 Å². The summed E-state index contributed by atoms with van der Waals surface area (Å²) in [5, 5.41) is 2.93. The molecule has 72 valence electrons. The highest BCUT2D eigenvalue weighted by Gasteiger charge is 2.24. The molecule has 0 spiro atoms. The van der Waals surface area contributed by atoms with Crippen molar-refractivity contribution in [2.75, 3.05) is 6.54 Å². The van der Waals surface area contributed by atoms with E-state index in [4.69, 9.17) is 0 Å². The summed E-state index contributed by atoms with van der Waals surface area (Å²) in [7, 11) is 0. The summed E-state index contributed by atoms with van der Waals surface area (Å²) < 4.78 is 0. The van der Waals surface area contributed by atoms with Crippen LogP contribution in [0, 0.1) is 11.3 Å². The molecule has 0 fully saturated rings. The van der Waals surface area contributed by atoms with Crippen LogP contribution in [0.2, 0.25) is 0 Å². The Kier molecular flexibility index (Phi) is 4.29. The van der Waals surface area contributed by atoms with E-state index in [0.29, 0.717) is 5.92 Å². The van der Waals surface area contributed by atoms with E-state index in [2.05, 4.69) is 19.2 Å². The highest BCUT2D eigenvalue weighted by Crippen LogP contribution is 2.19. The Balaban J connectivity index is 3.88. The number of hydrogen-bond acceptors (Lipinski definition) is 1. The van der Waals surface area contributed by atoms with Crippen molar-refractivity contribution < 1.29 is 4.79 Å². The molecule has 1 amide bonds. The summed E-state index contributed by atoms with van der Waals surface area (Å²) in [5.41, 5.74) is -0.213. The van der Waals surface area contributed by atoms with Crippen LogP contribution in [0.4, 0.5) is 0 Å². The van der Waals surface area contributed by atoms with Gasteiger partial charge in [-0.15, -0.1) is 0 Å². The van der Waals surface area contributed by atoms with Gasteiger partial charge >= 0.3 is 0 Å². The monoisotopic (exact) mass is 171 g/mol. The molecule has 0 atom stereocenters. The van der Waals surface area contributed by atoms with Crippen LogP contribution in [-0.2, 0) is 4.79 Å².